The first-order valence-electron chi connectivity index (χ1n) is 12.5. The molecule has 5 atom stereocenters. The predicted octanol–water partition coefficient (Wildman–Crippen LogP) is 4.13. The van der Waals surface area contributed by atoms with Gasteiger partial charge in [-0.15, -0.1) is 0 Å². The van der Waals surface area contributed by atoms with E-state index in [2.05, 4.69) is 20.3 Å². The summed E-state index contributed by atoms with van der Waals surface area (Å²) in [5.41, 5.74) is 3.66. The molecule has 4 heterocycles. The van der Waals surface area contributed by atoms with Crippen LogP contribution >= 0.6 is 11.6 Å². The number of hydrogen-bond donors (Lipinski definition) is 4. The highest BCUT2D eigenvalue weighted by Crippen LogP contribution is 2.41. The second-order valence-corrected chi connectivity index (χ2v) is 10.2. The van der Waals surface area contributed by atoms with Crippen LogP contribution in [0.1, 0.15) is 23.6 Å². The van der Waals surface area contributed by atoms with Gasteiger partial charge in [-0.3, -0.25) is 0 Å². The van der Waals surface area contributed by atoms with Gasteiger partial charge >= 0.3 is 0 Å². The molecule has 2 saturated heterocycles. The maximum absolute atomic E-state index is 15.3. The van der Waals surface area contributed by atoms with Crippen molar-refractivity contribution in [3.05, 3.63) is 64.4 Å². The lowest BCUT2D eigenvalue weighted by Crippen LogP contribution is -2.34. The second kappa shape index (κ2) is 9.09. The number of anilines is 1. The van der Waals surface area contributed by atoms with Crippen molar-refractivity contribution >= 4 is 28.6 Å². The minimum absolute atomic E-state index is 0.111. The number of para-hydroxylation sites is 1. The van der Waals surface area contributed by atoms with Gasteiger partial charge in [0.15, 0.2) is 11.8 Å². The number of aryl methyl sites for hydroxylation is 1. The van der Waals surface area contributed by atoms with Crippen molar-refractivity contribution in [3.8, 4) is 22.9 Å². The zero-order chi connectivity index (χ0) is 26.0. The zero-order valence-electron chi connectivity index (χ0n) is 20.0. The van der Waals surface area contributed by atoms with Crippen LogP contribution in [-0.2, 0) is 15.9 Å². The number of imidazole rings is 1. The SMILES string of the molecule is Oc1ccccc1-c1cc(F)c2c(c1)CC[C@@H]2Nc1nc2nc(O[C@@H]3CO[C@H]4[C@@H]3OC[C@H]4O)[nH]c2cc1Cl. The maximum Gasteiger partial charge on any atom is 0.296 e. The standard InChI is InChI=1S/C27H24ClFN4O5/c28-15-9-18-26(33-27(31-18)38-21-11-37-23-20(35)10-36-24(21)23)32-25(15)30-17-6-5-12-7-13(8-16(29)22(12)17)14-3-1-2-4-19(14)34/h1-4,7-9,17,20-21,23-24,34-35H,5-6,10-11H2,(H2,30,31,32,33)/t17-,20+,21+,23+,24+/m0/s1. The van der Waals surface area contributed by atoms with E-state index in [0.29, 0.717) is 51.5 Å². The summed E-state index contributed by atoms with van der Waals surface area (Å²) in [4.78, 5) is 12.1. The summed E-state index contributed by atoms with van der Waals surface area (Å²) >= 11 is 6.54. The van der Waals surface area contributed by atoms with Crippen LogP contribution in [-0.4, -0.2) is 62.8 Å². The van der Waals surface area contributed by atoms with Crippen LogP contribution < -0.4 is 10.1 Å². The summed E-state index contributed by atoms with van der Waals surface area (Å²) in [6, 6.07) is 11.9. The monoisotopic (exact) mass is 538 g/mol. The number of aromatic hydroxyl groups is 1. The summed E-state index contributed by atoms with van der Waals surface area (Å²) < 4.78 is 32.5. The molecule has 4 N–H and O–H groups in total. The van der Waals surface area contributed by atoms with Crippen LogP contribution in [0, 0.1) is 5.82 Å². The molecule has 196 valence electrons. The largest absolute Gasteiger partial charge is 0.507 e. The number of aromatic nitrogens is 3. The third-order valence-corrected chi connectivity index (χ3v) is 7.73. The van der Waals surface area contributed by atoms with Crippen LogP contribution in [0.15, 0.2) is 42.5 Å². The number of aromatic amines is 1. The molecule has 2 aromatic carbocycles. The quantitative estimate of drug-likeness (QED) is 0.299. The van der Waals surface area contributed by atoms with Gasteiger partial charge in [0.05, 0.1) is 29.8 Å². The summed E-state index contributed by atoms with van der Waals surface area (Å²) in [6.45, 7) is 0.491. The van der Waals surface area contributed by atoms with Crippen molar-refractivity contribution in [2.45, 2.75) is 43.3 Å². The number of phenols is 1. The van der Waals surface area contributed by atoms with Gasteiger partial charge in [-0.2, -0.15) is 4.98 Å². The molecule has 3 aliphatic rings. The Morgan fingerprint density at radius 3 is 2.82 bits per heavy atom. The van der Waals surface area contributed by atoms with Gasteiger partial charge in [0.25, 0.3) is 6.01 Å². The number of H-pyrrole nitrogens is 1. The number of ether oxygens (including phenoxy) is 3. The first kappa shape index (κ1) is 23.7. The first-order chi connectivity index (χ1) is 18.4. The lowest BCUT2D eigenvalue weighted by atomic mass is 9.98. The summed E-state index contributed by atoms with van der Waals surface area (Å²) in [6.07, 6.45) is -0.508. The Morgan fingerprint density at radius 1 is 1.11 bits per heavy atom. The molecule has 0 amide bonds. The van der Waals surface area contributed by atoms with Gasteiger partial charge < -0.3 is 34.7 Å². The topological polar surface area (TPSA) is 122 Å². The number of pyridine rings is 1. The minimum atomic E-state index is -0.666. The number of phenolic OH excluding ortho intramolecular Hbond substituents is 1. The van der Waals surface area contributed by atoms with Crippen LogP contribution in [0.2, 0.25) is 5.02 Å². The van der Waals surface area contributed by atoms with Crippen molar-refractivity contribution in [1.29, 1.82) is 0 Å². The van der Waals surface area contributed by atoms with E-state index in [1.54, 1.807) is 24.3 Å². The van der Waals surface area contributed by atoms with Gasteiger partial charge in [-0.1, -0.05) is 35.9 Å². The van der Waals surface area contributed by atoms with Gasteiger partial charge in [-0.25, -0.2) is 9.37 Å². The summed E-state index contributed by atoms with van der Waals surface area (Å²) in [5, 5.41) is 23.8. The average molecular weight is 539 g/mol. The Morgan fingerprint density at radius 2 is 1.95 bits per heavy atom. The lowest BCUT2D eigenvalue weighted by molar-refractivity contribution is 0.00706. The van der Waals surface area contributed by atoms with Gasteiger partial charge in [0, 0.05) is 11.1 Å². The number of nitrogens with zero attached hydrogens (tertiary/aromatic N) is 2. The number of hydrogen-bond acceptors (Lipinski definition) is 8. The Balaban J connectivity index is 1.12. The van der Waals surface area contributed by atoms with Gasteiger partial charge in [-0.05, 0) is 42.2 Å². The smallest absolute Gasteiger partial charge is 0.296 e. The number of halogens is 2. The van der Waals surface area contributed by atoms with Crippen molar-refractivity contribution in [2.75, 3.05) is 18.5 Å². The number of aliphatic hydroxyl groups excluding tert-OH is 1. The van der Waals surface area contributed by atoms with Gasteiger partial charge in [0.2, 0.25) is 0 Å². The Bertz CT molecular complexity index is 1550. The predicted molar refractivity (Wildman–Crippen MR) is 137 cm³/mol. The first-order valence-corrected chi connectivity index (χ1v) is 12.8. The number of nitrogens with one attached hydrogen (secondary N) is 2. The highest BCUT2D eigenvalue weighted by molar-refractivity contribution is 6.33. The Kier molecular flexibility index (Phi) is 5.66. The maximum atomic E-state index is 15.3. The number of aliphatic hydroxyl groups is 1. The third kappa shape index (κ3) is 3.95. The molecule has 1 aliphatic carbocycles. The second-order valence-electron chi connectivity index (χ2n) is 9.84. The number of rotatable bonds is 5. The molecule has 0 radical (unpaired) electrons. The minimum Gasteiger partial charge on any atom is -0.507 e. The normalized spacial score (nSPS) is 26.0. The van der Waals surface area contributed by atoms with E-state index in [9.17, 15) is 10.2 Å². The number of benzene rings is 2. The molecule has 7 rings (SSSR count). The third-order valence-electron chi connectivity index (χ3n) is 7.44. The highest BCUT2D eigenvalue weighted by atomic mass is 35.5. The Hall–Kier alpha value is -3.44. The molecule has 9 nitrogen and oxygen atoms in total. The van der Waals surface area contributed by atoms with Crippen LogP contribution in [0.25, 0.3) is 22.3 Å². The molecule has 38 heavy (non-hydrogen) atoms. The fraction of sp³-hybridized carbons (Fsp3) is 0.333. The van der Waals surface area contributed by atoms with Crippen LogP contribution in [0.3, 0.4) is 0 Å². The van der Waals surface area contributed by atoms with Crippen molar-refractivity contribution < 1.29 is 28.8 Å². The Labute approximate surface area is 221 Å². The molecule has 0 saturated carbocycles. The van der Waals surface area contributed by atoms with E-state index in [1.165, 1.54) is 6.07 Å². The molecule has 2 fully saturated rings. The molecule has 2 aliphatic heterocycles. The van der Waals surface area contributed by atoms with E-state index in [-0.39, 0.29) is 42.9 Å². The lowest BCUT2D eigenvalue weighted by Gasteiger charge is -2.17. The summed E-state index contributed by atoms with van der Waals surface area (Å²) in [7, 11) is 0. The molecular weight excluding hydrogens is 515 g/mol. The molecule has 4 aromatic rings. The van der Waals surface area contributed by atoms with Crippen molar-refractivity contribution in [1.82, 2.24) is 15.0 Å². The fourth-order valence-corrected chi connectivity index (χ4v) is 5.85. The van der Waals surface area contributed by atoms with Crippen LogP contribution in [0.5, 0.6) is 11.8 Å². The van der Waals surface area contributed by atoms with E-state index in [4.69, 9.17) is 25.8 Å². The van der Waals surface area contributed by atoms with Gasteiger partial charge in [0.1, 0.15) is 35.7 Å². The van der Waals surface area contributed by atoms with Crippen molar-refractivity contribution in [2.24, 2.45) is 0 Å². The van der Waals surface area contributed by atoms with E-state index >= 15 is 4.39 Å². The van der Waals surface area contributed by atoms with E-state index in [1.807, 2.05) is 12.1 Å². The molecule has 0 unspecified atom stereocenters. The fourth-order valence-electron chi connectivity index (χ4n) is 5.64. The highest BCUT2D eigenvalue weighted by Gasteiger charge is 2.48. The van der Waals surface area contributed by atoms with Crippen LogP contribution in [0.4, 0.5) is 10.2 Å². The van der Waals surface area contributed by atoms with Crippen molar-refractivity contribution in [3.63, 3.8) is 0 Å². The zero-order valence-corrected chi connectivity index (χ0v) is 20.8. The molecule has 0 bridgehead atoms. The van der Waals surface area contributed by atoms with E-state index < -0.39 is 18.3 Å². The molecule has 2 aromatic heterocycles. The number of fused-ring (bicyclic) bond motifs is 3. The average Bonchev–Trinajstić information content (AvgIpc) is 3.66. The molecular formula is C27H24ClFN4O5. The molecule has 11 heteroatoms. The summed E-state index contributed by atoms with van der Waals surface area (Å²) in [5.74, 6) is 0.158. The molecule has 0 spiro atoms. The van der Waals surface area contributed by atoms with E-state index in [0.717, 1.165) is 5.56 Å².